The lowest BCUT2D eigenvalue weighted by molar-refractivity contribution is 0.0977. The first-order chi connectivity index (χ1) is 16.2. The van der Waals surface area contributed by atoms with Crippen molar-refractivity contribution in [1.29, 1.82) is 0 Å². The Hall–Kier alpha value is -3.11. The lowest BCUT2D eigenvalue weighted by Gasteiger charge is -2.19. The standard InChI is InChI=1S/C24H30N2O7S/c1-32-21-9-5-4-7-17(21)10-13-26(24(28)29)12-6-2-3-8-20(27)19-15-18-11-14-33-23(18)22(16-19)34(25,30)31/h4-5,7,9,15-16H,2-3,6,8,10-14H2,1H3,(H,28,29)(H2,25,30,31). The number of unbranched alkanes of at least 4 members (excludes halogenated alkanes) is 2. The number of nitrogens with two attached hydrogens (primary N) is 1. The highest BCUT2D eigenvalue weighted by Crippen LogP contribution is 2.34. The number of carboxylic acid groups (broad SMARTS) is 1. The van der Waals surface area contributed by atoms with Crippen LogP contribution in [0.15, 0.2) is 41.3 Å². The highest BCUT2D eigenvalue weighted by Gasteiger charge is 2.25. The first-order valence-electron chi connectivity index (χ1n) is 11.2. The van der Waals surface area contributed by atoms with E-state index in [-0.39, 0.29) is 22.8 Å². The number of para-hydroxylation sites is 1. The number of carbonyl (C=O) groups excluding carboxylic acids is 1. The molecule has 1 aliphatic rings. The predicted octanol–water partition coefficient (Wildman–Crippen LogP) is 3.24. The van der Waals surface area contributed by atoms with Gasteiger partial charge < -0.3 is 19.5 Å². The molecule has 1 aliphatic heterocycles. The highest BCUT2D eigenvalue weighted by molar-refractivity contribution is 7.89. The zero-order valence-corrected chi connectivity index (χ0v) is 20.0. The average Bonchev–Trinajstić information content (AvgIpc) is 3.28. The molecule has 0 saturated heterocycles. The van der Waals surface area contributed by atoms with Crippen molar-refractivity contribution in [3.05, 3.63) is 53.1 Å². The summed E-state index contributed by atoms with van der Waals surface area (Å²) in [6.45, 7) is 1.07. The van der Waals surface area contributed by atoms with E-state index in [1.807, 2.05) is 24.3 Å². The van der Waals surface area contributed by atoms with Crippen molar-refractivity contribution in [1.82, 2.24) is 4.90 Å². The number of amides is 1. The molecule has 0 unspecified atom stereocenters. The number of methoxy groups -OCH3 is 1. The number of sulfonamides is 1. The molecule has 0 fully saturated rings. The van der Waals surface area contributed by atoms with Crippen molar-refractivity contribution in [3.63, 3.8) is 0 Å². The number of hydrogen-bond acceptors (Lipinski definition) is 6. The number of fused-ring (bicyclic) bond motifs is 1. The fourth-order valence-electron chi connectivity index (χ4n) is 4.02. The molecule has 0 aliphatic carbocycles. The van der Waals surface area contributed by atoms with Crippen molar-refractivity contribution in [3.8, 4) is 11.5 Å². The summed E-state index contributed by atoms with van der Waals surface area (Å²) in [4.78, 5) is 25.5. The summed E-state index contributed by atoms with van der Waals surface area (Å²) >= 11 is 0. The highest BCUT2D eigenvalue weighted by atomic mass is 32.2. The van der Waals surface area contributed by atoms with E-state index in [4.69, 9.17) is 14.6 Å². The summed E-state index contributed by atoms with van der Waals surface area (Å²) in [5.41, 5.74) is 1.92. The minimum atomic E-state index is -4.01. The van der Waals surface area contributed by atoms with Crippen molar-refractivity contribution in [2.24, 2.45) is 5.14 Å². The molecule has 0 saturated carbocycles. The summed E-state index contributed by atoms with van der Waals surface area (Å²) < 4.78 is 34.5. The third kappa shape index (κ3) is 6.48. The Morgan fingerprint density at radius 3 is 2.62 bits per heavy atom. The molecule has 2 aromatic rings. The molecule has 184 valence electrons. The van der Waals surface area contributed by atoms with Crippen LogP contribution in [0.4, 0.5) is 4.79 Å². The van der Waals surface area contributed by atoms with Crippen molar-refractivity contribution in [2.45, 2.75) is 43.4 Å². The topological polar surface area (TPSA) is 136 Å². The van der Waals surface area contributed by atoms with Gasteiger partial charge in [0.05, 0.1) is 13.7 Å². The van der Waals surface area contributed by atoms with Gasteiger partial charge in [-0.2, -0.15) is 0 Å². The van der Waals surface area contributed by atoms with E-state index in [1.165, 1.54) is 11.0 Å². The van der Waals surface area contributed by atoms with Crippen LogP contribution in [0.25, 0.3) is 0 Å². The quantitative estimate of drug-likeness (QED) is 0.344. The Morgan fingerprint density at radius 1 is 1.15 bits per heavy atom. The first kappa shape index (κ1) is 25.5. The summed E-state index contributed by atoms with van der Waals surface area (Å²) in [6, 6.07) is 10.5. The summed E-state index contributed by atoms with van der Waals surface area (Å²) in [5, 5.41) is 14.8. The second-order valence-electron chi connectivity index (χ2n) is 8.17. The van der Waals surface area contributed by atoms with Gasteiger partial charge in [0.25, 0.3) is 0 Å². The maximum absolute atomic E-state index is 12.7. The normalized spacial score (nSPS) is 12.6. The Balaban J connectivity index is 1.49. The molecule has 0 spiro atoms. The van der Waals surface area contributed by atoms with E-state index < -0.39 is 16.1 Å². The van der Waals surface area contributed by atoms with Gasteiger partial charge in [-0.05, 0) is 48.6 Å². The second-order valence-corrected chi connectivity index (χ2v) is 9.70. The molecular formula is C24H30N2O7S. The van der Waals surface area contributed by atoms with Crippen LogP contribution in [-0.4, -0.2) is 57.1 Å². The van der Waals surface area contributed by atoms with Gasteiger partial charge in [0, 0.05) is 31.5 Å². The van der Waals surface area contributed by atoms with Gasteiger partial charge in [0.2, 0.25) is 10.0 Å². The number of carbonyl (C=O) groups is 2. The molecule has 9 nitrogen and oxygen atoms in total. The van der Waals surface area contributed by atoms with Crippen molar-refractivity contribution >= 4 is 21.9 Å². The van der Waals surface area contributed by atoms with Gasteiger partial charge in [-0.25, -0.2) is 18.4 Å². The number of rotatable bonds is 12. The lowest BCUT2D eigenvalue weighted by atomic mass is 10.0. The average molecular weight is 491 g/mol. The molecule has 3 N–H and O–H groups in total. The zero-order valence-electron chi connectivity index (χ0n) is 19.2. The summed E-state index contributed by atoms with van der Waals surface area (Å²) in [6.07, 6.45) is 2.17. The maximum atomic E-state index is 12.7. The molecular weight excluding hydrogens is 460 g/mol. The molecule has 3 rings (SSSR count). The number of ether oxygens (including phenoxy) is 2. The molecule has 1 heterocycles. The van der Waals surface area contributed by atoms with Crippen LogP contribution in [0.2, 0.25) is 0 Å². The monoisotopic (exact) mass is 490 g/mol. The molecule has 0 aromatic heterocycles. The van der Waals surface area contributed by atoms with Gasteiger partial charge in [-0.3, -0.25) is 4.79 Å². The van der Waals surface area contributed by atoms with Gasteiger partial charge in [0.1, 0.15) is 16.4 Å². The third-order valence-electron chi connectivity index (χ3n) is 5.82. The smallest absolute Gasteiger partial charge is 0.407 e. The Labute approximate surface area is 199 Å². The van der Waals surface area contributed by atoms with Gasteiger partial charge in [0.15, 0.2) is 5.78 Å². The Kier molecular flexibility index (Phi) is 8.51. The number of hydrogen-bond donors (Lipinski definition) is 2. The van der Waals surface area contributed by atoms with Crippen LogP contribution in [-0.2, 0) is 22.9 Å². The molecule has 0 bridgehead atoms. The second kappa shape index (κ2) is 11.3. The summed E-state index contributed by atoms with van der Waals surface area (Å²) in [5.74, 6) is 0.793. The summed E-state index contributed by atoms with van der Waals surface area (Å²) in [7, 11) is -2.42. The Bertz CT molecular complexity index is 1150. The number of Topliss-reactive ketones (excluding diaryl/α,β-unsaturated/α-hetero) is 1. The van der Waals surface area contributed by atoms with E-state index in [2.05, 4.69) is 0 Å². The minimum absolute atomic E-state index is 0.155. The van der Waals surface area contributed by atoms with Crippen molar-refractivity contribution < 1.29 is 32.6 Å². The van der Waals surface area contributed by atoms with Gasteiger partial charge in [-0.15, -0.1) is 0 Å². The lowest BCUT2D eigenvalue weighted by Crippen LogP contribution is -2.32. The van der Waals surface area contributed by atoms with E-state index in [0.717, 1.165) is 11.3 Å². The number of primary sulfonamides is 1. The van der Waals surface area contributed by atoms with Gasteiger partial charge >= 0.3 is 6.09 Å². The fourth-order valence-corrected chi connectivity index (χ4v) is 4.76. The van der Waals surface area contributed by atoms with Crippen LogP contribution >= 0.6 is 0 Å². The molecule has 1 amide bonds. The van der Waals surface area contributed by atoms with Crippen LogP contribution in [0.3, 0.4) is 0 Å². The van der Waals surface area contributed by atoms with E-state index in [9.17, 15) is 23.1 Å². The SMILES string of the molecule is COc1ccccc1CCN(CCCCCC(=O)c1cc2c(c(S(N)(=O)=O)c1)OCC2)C(=O)O. The largest absolute Gasteiger partial charge is 0.496 e. The van der Waals surface area contributed by atoms with Crippen LogP contribution < -0.4 is 14.6 Å². The third-order valence-corrected chi connectivity index (χ3v) is 6.74. The molecule has 2 aromatic carbocycles. The van der Waals surface area contributed by atoms with Crippen molar-refractivity contribution in [2.75, 3.05) is 26.8 Å². The van der Waals surface area contributed by atoms with Crippen LogP contribution in [0, 0.1) is 0 Å². The molecule has 0 atom stereocenters. The first-order valence-corrected chi connectivity index (χ1v) is 12.7. The minimum Gasteiger partial charge on any atom is -0.496 e. The number of nitrogens with zero attached hydrogens (tertiary/aromatic N) is 1. The molecule has 10 heteroatoms. The number of ketones is 1. The van der Waals surface area contributed by atoms with Crippen LogP contribution in [0.5, 0.6) is 11.5 Å². The zero-order chi connectivity index (χ0) is 24.7. The Morgan fingerprint density at radius 2 is 1.91 bits per heavy atom. The van der Waals surface area contributed by atoms with E-state index >= 15 is 0 Å². The molecule has 34 heavy (non-hydrogen) atoms. The molecule has 0 radical (unpaired) electrons. The predicted molar refractivity (Wildman–Crippen MR) is 126 cm³/mol. The van der Waals surface area contributed by atoms with E-state index in [0.29, 0.717) is 62.9 Å². The van der Waals surface area contributed by atoms with Crippen LogP contribution in [0.1, 0.15) is 47.2 Å². The van der Waals surface area contributed by atoms with Gasteiger partial charge in [-0.1, -0.05) is 24.6 Å². The van der Waals surface area contributed by atoms with E-state index in [1.54, 1.807) is 13.2 Å². The fraction of sp³-hybridized carbons (Fsp3) is 0.417. The maximum Gasteiger partial charge on any atom is 0.407 e. The number of benzene rings is 2.